The molecule has 0 radical (unpaired) electrons. The Kier molecular flexibility index (Phi) is 9.05. The van der Waals surface area contributed by atoms with E-state index in [1.54, 1.807) is 0 Å². The molecular weight excluding hydrogens is 214 g/mol. The maximum atomic E-state index is 10.3. The van der Waals surface area contributed by atoms with Gasteiger partial charge in [-0.2, -0.15) is 10.3 Å². The Hall–Kier alpha value is 1.44. The van der Waals surface area contributed by atoms with E-state index in [0.29, 0.717) is 0 Å². The summed E-state index contributed by atoms with van der Waals surface area (Å²) in [4.78, 5) is 13.2. The van der Waals surface area contributed by atoms with E-state index in [1.165, 1.54) is 6.19 Å². The molecule has 5 nitrogen and oxygen atoms in total. The minimum atomic E-state index is -1.09. The number of hydrogen-bond donors (Lipinski definition) is 0. The SMILES string of the molecule is N#CN=c1c([O-])c([O-])c1=O.[K+].[K+]. The molecule has 0 spiro atoms. The summed E-state index contributed by atoms with van der Waals surface area (Å²) in [6.45, 7) is 0. The van der Waals surface area contributed by atoms with Crippen LogP contribution in [0.25, 0.3) is 0 Å². The molecule has 1 aromatic rings. The van der Waals surface area contributed by atoms with Gasteiger partial charge in [0.2, 0.25) is 6.19 Å². The Balaban J connectivity index is 0. The van der Waals surface area contributed by atoms with Crippen molar-refractivity contribution in [3.63, 3.8) is 0 Å². The fourth-order valence-electron chi connectivity index (χ4n) is 0.510. The molecule has 0 fully saturated rings. The van der Waals surface area contributed by atoms with Crippen molar-refractivity contribution >= 4 is 0 Å². The predicted molar refractivity (Wildman–Crippen MR) is 25.2 cm³/mol. The van der Waals surface area contributed by atoms with Crippen LogP contribution < -0.4 is 124 Å². The third-order valence-corrected chi connectivity index (χ3v) is 1.00. The fourth-order valence-corrected chi connectivity index (χ4v) is 0.510. The molecule has 1 rings (SSSR count). The van der Waals surface area contributed by atoms with Crippen molar-refractivity contribution in [2.75, 3.05) is 0 Å². The molecule has 12 heavy (non-hydrogen) atoms. The van der Waals surface area contributed by atoms with Gasteiger partial charge >= 0.3 is 103 Å². The van der Waals surface area contributed by atoms with Crippen LogP contribution >= 0.6 is 0 Å². The average molecular weight is 214 g/mol. The molecule has 0 unspecified atom stereocenters. The molecule has 0 amide bonds. The summed E-state index contributed by atoms with van der Waals surface area (Å²) in [6.07, 6.45) is 1.25. The van der Waals surface area contributed by atoms with Gasteiger partial charge in [-0.3, -0.25) is 4.79 Å². The molecule has 0 aliphatic heterocycles. The van der Waals surface area contributed by atoms with Gasteiger partial charge in [0, 0.05) is 0 Å². The first-order valence-corrected chi connectivity index (χ1v) is 2.28. The molecule has 0 aliphatic carbocycles. The van der Waals surface area contributed by atoms with E-state index >= 15 is 0 Å². The van der Waals surface area contributed by atoms with Crippen molar-refractivity contribution in [3.8, 4) is 17.7 Å². The van der Waals surface area contributed by atoms with Gasteiger partial charge in [0.1, 0.15) is 5.36 Å². The Morgan fingerprint density at radius 1 is 1.25 bits per heavy atom. The van der Waals surface area contributed by atoms with Gasteiger partial charge in [-0.15, -0.1) is 0 Å². The van der Waals surface area contributed by atoms with E-state index < -0.39 is 22.3 Å². The van der Waals surface area contributed by atoms with E-state index in [4.69, 9.17) is 5.26 Å². The fraction of sp³-hybridized carbons (Fsp3) is 0. The van der Waals surface area contributed by atoms with Gasteiger partial charge in [-0.05, 0) is 0 Å². The first-order chi connectivity index (χ1) is 4.68. The predicted octanol–water partition coefficient (Wildman–Crippen LogP) is -8.54. The van der Waals surface area contributed by atoms with Crippen LogP contribution in [-0.2, 0) is 0 Å². The molecule has 0 N–H and O–H groups in total. The summed E-state index contributed by atoms with van der Waals surface area (Å²) in [5.41, 5.74) is -0.966. The maximum Gasteiger partial charge on any atom is 1.00 e. The normalized spacial score (nSPS) is 9.75. The maximum absolute atomic E-state index is 10.3. The molecule has 0 saturated heterocycles. The first-order valence-electron chi connectivity index (χ1n) is 2.28. The van der Waals surface area contributed by atoms with Crippen molar-refractivity contribution in [1.29, 1.82) is 5.26 Å². The Bertz CT molecular complexity index is 386. The average Bonchev–Trinajstić information content (AvgIpc) is 1.98. The molecule has 0 heterocycles. The molecule has 50 valence electrons. The third kappa shape index (κ3) is 2.99. The van der Waals surface area contributed by atoms with Gasteiger partial charge < -0.3 is 10.2 Å². The quantitative estimate of drug-likeness (QED) is 0.316. The zero-order valence-electron chi connectivity index (χ0n) is 6.62. The van der Waals surface area contributed by atoms with Crippen molar-refractivity contribution in [1.82, 2.24) is 0 Å². The Morgan fingerprint density at radius 2 is 1.75 bits per heavy atom. The molecule has 0 aromatic heterocycles. The number of nitriles is 1. The van der Waals surface area contributed by atoms with Gasteiger partial charge in [-0.1, -0.05) is 11.5 Å². The Labute approximate surface area is 153 Å². The van der Waals surface area contributed by atoms with E-state index in [9.17, 15) is 15.0 Å². The third-order valence-electron chi connectivity index (χ3n) is 1.00. The number of rotatable bonds is 0. The summed E-state index contributed by atoms with van der Waals surface area (Å²) in [6, 6.07) is 0. The van der Waals surface area contributed by atoms with Crippen molar-refractivity contribution in [2.45, 2.75) is 0 Å². The minimum absolute atomic E-state index is 0. The monoisotopic (exact) mass is 214 g/mol. The second-order valence-electron chi connectivity index (χ2n) is 1.55. The second kappa shape index (κ2) is 6.83. The van der Waals surface area contributed by atoms with Gasteiger partial charge in [0.05, 0.1) is 0 Å². The van der Waals surface area contributed by atoms with Crippen LogP contribution in [0.1, 0.15) is 0 Å². The summed E-state index contributed by atoms with van der Waals surface area (Å²) < 4.78 is 0. The van der Waals surface area contributed by atoms with Crippen LogP contribution in [-0.4, -0.2) is 0 Å². The Morgan fingerprint density at radius 3 is 2.08 bits per heavy atom. The summed E-state index contributed by atoms with van der Waals surface area (Å²) in [5.74, 6) is -2.06. The molecule has 1 aromatic carbocycles. The van der Waals surface area contributed by atoms with Crippen LogP contribution in [0.4, 0.5) is 0 Å². The molecule has 0 aliphatic rings. The van der Waals surface area contributed by atoms with E-state index in [1.807, 2.05) is 0 Å². The summed E-state index contributed by atoms with van der Waals surface area (Å²) >= 11 is 0. The smallest absolute Gasteiger partial charge is 0.871 e. The summed E-state index contributed by atoms with van der Waals surface area (Å²) in [7, 11) is 0. The zero-order chi connectivity index (χ0) is 7.72. The van der Waals surface area contributed by atoms with Crippen LogP contribution in [0.2, 0.25) is 0 Å². The van der Waals surface area contributed by atoms with Crippen LogP contribution in [0.5, 0.6) is 11.5 Å². The zero-order valence-corrected chi connectivity index (χ0v) is 12.9. The largest absolute Gasteiger partial charge is 1.00 e. The molecule has 0 atom stereocenters. The van der Waals surface area contributed by atoms with E-state index in [0.717, 1.165) is 0 Å². The number of hydrogen-bond acceptors (Lipinski definition) is 5. The first kappa shape index (κ1) is 15.9. The standard InChI is InChI=1S/C5H2N2O3.2K/c6-1-7-2-3(8)5(10)4(2)9;;/h8,10H;;/q;2*+1/p-2. The number of nitrogens with zero attached hydrogens (tertiary/aromatic N) is 2. The van der Waals surface area contributed by atoms with Crippen molar-refractivity contribution < 1.29 is 113 Å². The second-order valence-corrected chi connectivity index (χ2v) is 1.55. The van der Waals surface area contributed by atoms with E-state index in [-0.39, 0.29) is 103 Å². The topological polar surface area (TPSA) is 99.3 Å². The molecular formula is C5K2N2O3. The van der Waals surface area contributed by atoms with Gasteiger partial charge in [-0.25, -0.2) is 0 Å². The van der Waals surface area contributed by atoms with Crippen molar-refractivity contribution in [3.05, 3.63) is 15.6 Å². The van der Waals surface area contributed by atoms with Gasteiger partial charge in [0.25, 0.3) is 0 Å². The molecule has 0 bridgehead atoms. The van der Waals surface area contributed by atoms with E-state index in [2.05, 4.69) is 4.99 Å². The summed E-state index contributed by atoms with van der Waals surface area (Å²) in [5, 5.41) is 27.8. The van der Waals surface area contributed by atoms with Crippen LogP contribution in [0, 0.1) is 11.5 Å². The van der Waals surface area contributed by atoms with Gasteiger partial charge in [0.15, 0.2) is 5.43 Å². The molecule has 7 heteroatoms. The minimum Gasteiger partial charge on any atom is -0.871 e. The molecule has 0 saturated carbocycles. The van der Waals surface area contributed by atoms with Crippen molar-refractivity contribution in [2.24, 2.45) is 4.99 Å². The van der Waals surface area contributed by atoms with Crippen LogP contribution in [0.3, 0.4) is 0 Å². The van der Waals surface area contributed by atoms with Crippen LogP contribution in [0.15, 0.2) is 9.79 Å².